The molecular formula is C77H130O6. The quantitative estimate of drug-likeness (QED) is 0.0261. The molecule has 0 aromatic rings. The first-order valence-electron chi connectivity index (χ1n) is 35.0. The molecule has 0 aromatic heterocycles. The van der Waals surface area contributed by atoms with Gasteiger partial charge in [0.25, 0.3) is 0 Å². The van der Waals surface area contributed by atoms with Crippen molar-refractivity contribution in [1.82, 2.24) is 0 Å². The highest BCUT2D eigenvalue weighted by atomic mass is 16.6. The first kappa shape index (κ1) is 78.8. The van der Waals surface area contributed by atoms with Gasteiger partial charge in [-0.1, -0.05) is 316 Å². The lowest BCUT2D eigenvalue weighted by atomic mass is 10.0. The molecule has 0 spiro atoms. The molecule has 0 aliphatic carbocycles. The van der Waals surface area contributed by atoms with Crippen LogP contribution >= 0.6 is 0 Å². The van der Waals surface area contributed by atoms with Crippen molar-refractivity contribution in [2.45, 2.75) is 335 Å². The fraction of sp³-hybridized carbons (Fsp3) is 0.701. The molecule has 6 nitrogen and oxygen atoms in total. The Morgan fingerprint density at radius 2 is 0.470 bits per heavy atom. The highest BCUT2D eigenvalue weighted by Gasteiger charge is 2.19. The third-order valence-electron chi connectivity index (χ3n) is 15.0. The monoisotopic (exact) mass is 1150 g/mol. The van der Waals surface area contributed by atoms with Gasteiger partial charge in [-0.15, -0.1) is 0 Å². The molecule has 474 valence electrons. The summed E-state index contributed by atoms with van der Waals surface area (Å²) in [6.45, 7) is 6.44. The number of hydrogen-bond acceptors (Lipinski definition) is 6. The van der Waals surface area contributed by atoms with Gasteiger partial charge >= 0.3 is 17.9 Å². The van der Waals surface area contributed by atoms with Crippen LogP contribution in [-0.2, 0) is 28.6 Å². The molecule has 0 rings (SSSR count). The molecule has 83 heavy (non-hydrogen) atoms. The number of esters is 3. The van der Waals surface area contributed by atoms with Crippen molar-refractivity contribution in [2.24, 2.45) is 0 Å². The molecule has 0 heterocycles. The van der Waals surface area contributed by atoms with Crippen LogP contribution in [-0.4, -0.2) is 37.2 Å². The summed E-state index contributed by atoms with van der Waals surface area (Å²) in [7, 11) is 0. The molecule has 0 N–H and O–H groups in total. The van der Waals surface area contributed by atoms with Crippen LogP contribution in [0.25, 0.3) is 0 Å². The molecule has 1 atom stereocenters. The van der Waals surface area contributed by atoms with Gasteiger partial charge in [0.2, 0.25) is 0 Å². The van der Waals surface area contributed by atoms with Crippen molar-refractivity contribution in [2.75, 3.05) is 13.2 Å². The smallest absolute Gasteiger partial charge is 0.306 e. The molecule has 1 unspecified atom stereocenters. The maximum atomic E-state index is 12.9. The van der Waals surface area contributed by atoms with Crippen LogP contribution in [0.2, 0.25) is 0 Å². The van der Waals surface area contributed by atoms with E-state index in [1.807, 2.05) is 0 Å². The molecule has 6 heteroatoms. The van der Waals surface area contributed by atoms with Gasteiger partial charge in [0.05, 0.1) is 0 Å². The number of carbonyl (C=O) groups is 3. The Hall–Kier alpha value is -4.19. The van der Waals surface area contributed by atoms with Gasteiger partial charge < -0.3 is 14.2 Å². The van der Waals surface area contributed by atoms with E-state index >= 15 is 0 Å². The Bertz CT molecular complexity index is 1700. The van der Waals surface area contributed by atoms with Crippen LogP contribution in [0.15, 0.2) is 122 Å². The number of unbranched alkanes of at least 4 members (excludes halogenated alkanes) is 32. The SMILES string of the molecule is CC/C=C\C/C=C\C/C=C\C/C=C\C/C=C\C/C=C\C/C=C\CCCCCCCCCC(=O)OC(COC(=O)CCCCCCC)COC(=O)CCCCCCCCCCCCCCCCCC/C=C\C/C=C\C/C=C\CCCCCCC. The molecule has 0 bridgehead atoms. The summed E-state index contributed by atoms with van der Waals surface area (Å²) in [4.78, 5) is 38.0. The van der Waals surface area contributed by atoms with E-state index in [9.17, 15) is 14.4 Å². The second-order valence-corrected chi connectivity index (χ2v) is 23.1. The molecule has 0 fully saturated rings. The lowest BCUT2D eigenvalue weighted by molar-refractivity contribution is -0.167. The second-order valence-electron chi connectivity index (χ2n) is 23.1. The normalized spacial score (nSPS) is 12.9. The van der Waals surface area contributed by atoms with E-state index in [2.05, 4.69) is 142 Å². The van der Waals surface area contributed by atoms with Gasteiger partial charge in [0.15, 0.2) is 6.10 Å². The average Bonchev–Trinajstić information content (AvgIpc) is 3.48. The Morgan fingerprint density at radius 1 is 0.253 bits per heavy atom. The molecule has 0 aliphatic rings. The first-order chi connectivity index (χ1) is 41.0. The Morgan fingerprint density at radius 3 is 0.735 bits per heavy atom. The minimum Gasteiger partial charge on any atom is -0.462 e. The average molecular weight is 1150 g/mol. The fourth-order valence-corrected chi connectivity index (χ4v) is 9.73. The van der Waals surface area contributed by atoms with Crippen molar-refractivity contribution >= 4 is 17.9 Å². The highest BCUT2D eigenvalue weighted by molar-refractivity contribution is 5.71. The lowest BCUT2D eigenvalue weighted by Gasteiger charge is -2.18. The van der Waals surface area contributed by atoms with E-state index in [0.29, 0.717) is 19.3 Å². The van der Waals surface area contributed by atoms with Crippen molar-refractivity contribution in [3.8, 4) is 0 Å². The molecule has 0 amide bonds. The van der Waals surface area contributed by atoms with Crippen LogP contribution in [0.1, 0.15) is 329 Å². The van der Waals surface area contributed by atoms with Gasteiger partial charge in [0, 0.05) is 19.3 Å². The van der Waals surface area contributed by atoms with Crippen LogP contribution in [0, 0.1) is 0 Å². The van der Waals surface area contributed by atoms with E-state index in [1.165, 1.54) is 161 Å². The van der Waals surface area contributed by atoms with Gasteiger partial charge in [0.1, 0.15) is 13.2 Å². The van der Waals surface area contributed by atoms with E-state index < -0.39 is 6.10 Å². The topological polar surface area (TPSA) is 78.9 Å². The predicted octanol–water partition coefficient (Wildman–Crippen LogP) is 24.3. The summed E-state index contributed by atoms with van der Waals surface area (Å²) in [5.41, 5.74) is 0. The number of allylic oxidation sites excluding steroid dienone is 20. The molecule has 0 saturated heterocycles. The Balaban J connectivity index is 4.03. The second kappa shape index (κ2) is 70.3. The standard InChI is InChI=1S/C77H130O6/c1-4-7-10-13-15-17-19-21-23-25-27-29-31-33-35-37-38-40-41-43-45-47-49-51-53-55-57-59-61-64-67-70-76(79)82-73-74(72-81-75(78)69-66-63-12-9-6-3)83-77(80)71-68-65-62-60-58-56-54-52-50-48-46-44-42-39-36-34-32-30-28-26-24-22-20-18-16-14-11-8-5-2/h8,11,16,18-19,21-22,24-25,27-28,30-31,33-34,36,42,44,48,50,74H,4-7,9-10,12-15,17,20,23,26,29,32,35,37-41,43,45-47,49,51-73H2,1-3H3/b11-8-,18-16-,21-19-,24-22-,27-25-,30-28-,33-31-,36-34-,44-42-,50-48-. The molecule has 0 aliphatic heterocycles. The summed E-state index contributed by atoms with van der Waals surface area (Å²) in [6.07, 6.45) is 98.5. The van der Waals surface area contributed by atoms with Crippen molar-refractivity contribution < 1.29 is 28.6 Å². The van der Waals surface area contributed by atoms with Crippen LogP contribution < -0.4 is 0 Å². The summed E-state index contributed by atoms with van der Waals surface area (Å²) < 4.78 is 16.8. The molecular weight excluding hydrogens is 1020 g/mol. The van der Waals surface area contributed by atoms with Crippen molar-refractivity contribution in [3.05, 3.63) is 122 Å². The molecule has 0 radical (unpaired) electrons. The van der Waals surface area contributed by atoms with Crippen LogP contribution in [0.5, 0.6) is 0 Å². The zero-order valence-corrected chi connectivity index (χ0v) is 54.4. The van der Waals surface area contributed by atoms with Crippen molar-refractivity contribution in [1.29, 1.82) is 0 Å². The summed E-state index contributed by atoms with van der Waals surface area (Å²) in [5, 5.41) is 0. The zero-order chi connectivity index (χ0) is 59.9. The van der Waals surface area contributed by atoms with E-state index in [0.717, 1.165) is 128 Å². The number of rotatable bonds is 63. The largest absolute Gasteiger partial charge is 0.462 e. The van der Waals surface area contributed by atoms with E-state index in [4.69, 9.17) is 14.2 Å². The maximum absolute atomic E-state index is 12.9. The number of ether oxygens (including phenoxy) is 3. The summed E-state index contributed by atoms with van der Waals surface area (Å²) in [6, 6.07) is 0. The zero-order valence-electron chi connectivity index (χ0n) is 54.4. The number of carbonyl (C=O) groups excluding carboxylic acids is 3. The highest BCUT2D eigenvalue weighted by Crippen LogP contribution is 2.17. The Labute approximate surface area is 513 Å². The third-order valence-corrected chi connectivity index (χ3v) is 15.0. The van der Waals surface area contributed by atoms with Crippen LogP contribution in [0.3, 0.4) is 0 Å². The van der Waals surface area contributed by atoms with E-state index in [1.54, 1.807) is 0 Å². The van der Waals surface area contributed by atoms with Crippen molar-refractivity contribution in [3.63, 3.8) is 0 Å². The van der Waals surface area contributed by atoms with Gasteiger partial charge in [-0.2, -0.15) is 0 Å². The fourth-order valence-electron chi connectivity index (χ4n) is 9.73. The van der Waals surface area contributed by atoms with Crippen LogP contribution in [0.4, 0.5) is 0 Å². The van der Waals surface area contributed by atoms with Gasteiger partial charge in [-0.25, -0.2) is 0 Å². The minimum atomic E-state index is -0.784. The lowest BCUT2D eigenvalue weighted by Crippen LogP contribution is -2.30. The maximum Gasteiger partial charge on any atom is 0.306 e. The van der Waals surface area contributed by atoms with E-state index in [-0.39, 0.29) is 31.1 Å². The Kier molecular flexibility index (Phi) is 66.7. The minimum absolute atomic E-state index is 0.0825. The van der Waals surface area contributed by atoms with Gasteiger partial charge in [-0.05, 0) is 116 Å². The van der Waals surface area contributed by atoms with Gasteiger partial charge in [-0.3, -0.25) is 14.4 Å². The first-order valence-corrected chi connectivity index (χ1v) is 35.0. The molecule has 0 aromatic carbocycles. The summed E-state index contributed by atoms with van der Waals surface area (Å²) >= 11 is 0. The number of hydrogen-bond donors (Lipinski definition) is 0. The third kappa shape index (κ3) is 68.5. The molecule has 0 saturated carbocycles. The summed E-state index contributed by atoms with van der Waals surface area (Å²) in [5.74, 6) is -0.901. The predicted molar refractivity (Wildman–Crippen MR) is 362 cm³/mol.